The Morgan fingerprint density at radius 2 is 1.82 bits per heavy atom. The van der Waals surface area contributed by atoms with Crippen molar-refractivity contribution in [2.75, 3.05) is 45.9 Å². The summed E-state index contributed by atoms with van der Waals surface area (Å²) in [6.45, 7) is 12.1. The second-order valence-corrected chi connectivity index (χ2v) is 6.06. The number of amides is 1. The topological polar surface area (TPSA) is 62.2 Å². The molecule has 0 radical (unpaired) electrons. The molecule has 1 fully saturated rings. The van der Waals surface area contributed by atoms with Crippen molar-refractivity contribution in [1.29, 1.82) is 0 Å². The van der Waals surface area contributed by atoms with Gasteiger partial charge in [0.1, 0.15) is 0 Å². The van der Waals surface area contributed by atoms with E-state index >= 15 is 0 Å². The second-order valence-electron chi connectivity index (χ2n) is 6.06. The lowest BCUT2D eigenvalue weighted by Crippen LogP contribution is -2.51. The third-order valence-electron chi connectivity index (χ3n) is 3.89. The number of aliphatic hydroxyl groups is 1. The average molecular weight is 339 g/mol. The lowest BCUT2D eigenvalue weighted by molar-refractivity contribution is -0.0690. The number of carbonyl (C=O) groups is 1. The van der Waals surface area contributed by atoms with Crippen LogP contribution >= 0.6 is 12.4 Å². The highest BCUT2D eigenvalue weighted by Crippen LogP contribution is 2.14. The van der Waals surface area contributed by atoms with Crippen molar-refractivity contribution >= 4 is 18.5 Å². The van der Waals surface area contributed by atoms with E-state index in [1.807, 2.05) is 20.8 Å². The van der Waals surface area contributed by atoms with Gasteiger partial charge >= 0.3 is 6.09 Å². The minimum Gasteiger partial charge on any atom is -0.450 e. The summed E-state index contributed by atoms with van der Waals surface area (Å²) < 4.78 is 10.7. The van der Waals surface area contributed by atoms with Gasteiger partial charge in [-0.25, -0.2) is 4.79 Å². The summed E-state index contributed by atoms with van der Waals surface area (Å²) in [5.74, 6) is 0. The molecule has 132 valence electrons. The van der Waals surface area contributed by atoms with Crippen molar-refractivity contribution in [3.8, 4) is 0 Å². The highest BCUT2D eigenvalue weighted by atomic mass is 35.5. The van der Waals surface area contributed by atoms with E-state index in [1.165, 1.54) is 0 Å². The number of carbonyl (C=O) groups excluding carboxylic acids is 1. The third kappa shape index (κ3) is 7.63. The molecule has 0 saturated carbocycles. The first-order valence-electron chi connectivity index (χ1n) is 7.84. The van der Waals surface area contributed by atoms with Crippen molar-refractivity contribution in [2.24, 2.45) is 0 Å². The predicted octanol–water partition coefficient (Wildman–Crippen LogP) is 1.75. The SMILES string of the molecule is CCOC(=O)N1CCN(CC(O)COC(C)(C)CC)CC1.Cl. The maximum atomic E-state index is 11.6. The number of nitrogens with zero attached hydrogens (tertiary/aromatic N) is 2. The molecule has 0 aromatic carbocycles. The van der Waals surface area contributed by atoms with Gasteiger partial charge in [-0.1, -0.05) is 6.92 Å². The number of halogens is 1. The minimum atomic E-state index is -0.495. The summed E-state index contributed by atoms with van der Waals surface area (Å²) in [5, 5.41) is 10.0. The molecule has 1 amide bonds. The largest absolute Gasteiger partial charge is 0.450 e. The molecule has 0 aromatic heterocycles. The molecule has 1 aliphatic rings. The zero-order chi connectivity index (χ0) is 15.9. The fourth-order valence-electron chi connectivity index (χ4n) is 2.10. The van der Waals surface area contributed by atoms with Crippen LogP contribution in [0, 0.1) is 0 Å². The Morgan fingerprint density at radius 1 is 1.23 bits per heavy atom. The quantitative estimate of drug-likeness (QED) is 0.766. The van der Waals surface area contributed by atoms with Gasteiger partial charge in [-0.2, -0.15) is 0 Å². The van der Waals surface area contributed by atoms with Gasteiger partial charge in [0.15, 0.2) is 0 Å². The molecule has 1 heterocycles. The molecule has 0 aliphatic carbocycles. The van der Waals surface area contributed by atoms with Crippen LogP contribution in [-0.4, -0.2) is 78.6 Å². The van der Waals surface area contributed by atoms with E-state index in [0.717, 1.165) is 19.5 Å². The summed E-state index contributed by atoms with van der Waals surface area (Å²) in [6.07, 6.45) is 0.175. The van der Waals surface area contributed by atoms with E-state index in [-0.39, 0.29) is 24.1 Å². The van der Waals surface area contributed by atoms with Crippen molar-refractivity contribution < 1.29 is 19.4 Å². The molecule has 0 aromatic rings. The van der Waals surface area contributed by atoms with Crippen LogP contribution in [0.15, 0.2) is 0 Å². The van der Waals surface area contributed by atoms with E-state index < -0.39 is 6.10 Å². The van der Waals surface area contributed by atoms with Crippen LogP contribution in [0.1, 0.15) is 34.1 Å². The van der Waals surface area contributed by atoms with E-state index in [2.05, 4.69) is 11.8 Å². The number of piperazine rings is 1. The zero-order valence-electron chi connectivity index (χ0n) is 14.2. The highest BCUT2D eigenvalue weighted by molar-refractivity contribution is 5.85. The smallest absolute Gasteiger partial charge is 0.409 e. The highest BCUT2D eigenvalue weighted by Gasteiger charge is 2.24. The van der Waals surface area contributed by atoms with Gasteiger partial charge < -0.3 is 19.5 Å². The molecule has 1 N–H and O–H groups in total. The van der Waals surface area contributed by atoms with E-state index in [4.69, 9.17) is 9.47 Å². The molecule has 1 atom stereocenters. The van der Waals surface area contributed by atoms with Gasteiger partial charge in [-0.15, -0.1) is 12.4 Å². The molecule has 0 bridgehead atoms. The first-order chi connectivity index (χ1) is 9.88. The maximum Gasteiger partial charge on any atom is 0.409 e. The monoisotopic (exact) mass is 338 g/mol. The maximum absolute atomic E-state index is 11.6. The van der Waals surface area contributed by atoms with Gasteiger partial charge in [-0.05, 0) is 27.2 Å². The number of aliphatic hydroxyl groups excluding tert-OH is 1. The van der Waals surface area contributed by atoms with Crippen molar-refractivity contribution in [2.45, 2.75) is 45.8 Å². The van der Waals surface area contributed by atoms with Crippen LogP contribution in [-0.2, 0) is 9.47 Å². The Bertz CT molecular complexity index is 321. The molecule has 0 spiro atoms. The van der Waals surface area contributed by atoms with E-state index in [1.54, 1.807) is 4.90 Å². The van der Waals surface area contributed by atoms with Gasteiger partial charge in [-0.3, -0.25) is 4.90 Å². The first-order valence-corrected chi connectivity index (χ1v) is 7.84. The Kier molecular flexibility index (Phi) is 10.00. The molecule has 1 rings (SSSR count). The van der Waals surface area contributed by atoms with Crippen LogP contribution in [0.2, 0.25) is 0 Å². The van der Waals surface area contributed by atoms with Crippen molar-refractivity contribution in [3.05, 3.63) is 0 Å². The van der Waals surface area contributed by atoms with Crippen LogP contribution < -0.4 is 0 Å². The Hall–Kier alpha value is -0.560. The molecule has 6 nitrogen and oxygen atoms in total. The van der Waals surface area contributed by atoms with Crippen molar-refractivity contribution in [3.63, 3.8) is 0 Å². The van der Waals surface area contributed by atoms with Crippen LogP contribution in [0.25, 0.3) is 0 Å². The zero-order valence-corrected chi connectivity index (χ0v) is 15.0. The fourth-order valence-corrected chi connectivity index (χ4v) is 2.10. The van der Waals surface area contributed by atoms with Crippen molar-refractivity contribution in [1.82, 2.24) is 9.80 Å². The number of hydrogen-bond acceptors (Lipinski definition) is 5. The van der Waals surface area contributed by atoms with Gasteiger partial charge in [0.25, 0.3) is 0 Å². The number of rotatable bonds is 7. The summed E-state index contributed by atoms with van der Waals surface area (Å²) in [6, 6.07) is 0. The lowest BCUT2D eigenvalue weighted by atomic mass is 10.1. The summed E-state index contributed by atoms with van der Waals surface area (Å²) in [5.41, 5.74) is -0.191. The summed E-state index contributed by atoms with van der Waals surface area (Å²) in [7, 11) is 0. The molecular formula is C15H31ClN2O4. The number of β-amino-alcohol motifs (C(OH)–C–C–N with tert-alkyl or cyclic N) is 1. The number of ether oxygens (including phenoxy) is 2. The number of hydrogen-bond donors (Lipinski definition) is 1. The minimum absolute atomic E-state index is 0. The Balaban J connectivity index is 0.00000441. The lowest BCUT2D eigenvalue weighted by Gasteiger charge is -2.35. The molecule has 1 aliphatic heterocycles. The molecule has 1 unspecified atom stereocenters. The fraction of sp³-hybridized carbons (Fsp3) is 0.933. The van der Waals surface area contributed by atoms with E-state index in [0.29, 0.717) is 32.8 Å². The van der Waals surface area contributed by atoms with Gasteiger partial charge in [0.05, 0.1) is 24.9 Å². The van der Waals surface area contributed by atoms with Gasteiger partial charge in [0.2, 0.25) is 0 Å². The van der Waals surface area contributed by atoms with Crippen LogP contribution in [0.5, 0.6) is 0 Å². The standard InChI is InChI=1S/C15H30N2O4.ClH/c1-5-15(3,4)21-12-13(18)11-16-7-9-17(10-8-16)14(19)20-6-2;/h13,18H,5-12H2,1-4H3;1H. The first kappa shape index (κ1) is 21.4. The van der Waals surface area contributed by atoms with E-state index in [9.17, 15) is 9.90 Å². The molecule has 22 heavy (non-hydrogen) atoms. The normalized spacial score (nSPS) is 17.8. The third-order valence-corrected chi connectivity index (χ3v) is 3.89. The molecular weight excluding hydrogens is 308 g/mol. The van der Waals surface area contributed by atoms with Gasteiger partial charge in [0, 0.05) is 32.7 Å². The van der Waals surface area contributed by atoms with Crippen LogP contribution in [0.4, 0.5) is 4.79 Å². The predicted molar refractivity (Wildman–Crippen MR) is 88.6 cm³/mol. The average Bonchev–Trinajstić information content (AvgIpc) is 2.46. The second kappa shape index (κ2) is 10.3. The molecule has 1 saturated heterocycles. The van der Waals surface area contributed by atoms with Crippen LogP contribution in [0.3, 0.4) is 0 Å². The Labute approximate surface area is 140 Å². The molecule has 7 heteroatoms. The Morgan fingerprint density at radius 3 is 2.32 bits per heavy atom. The summed E-state index contributed by atoms with van der Waals surface area (Å²) in [4.78, 5) is 15.5. The summed E-state index contributed by atoms with van der Waals surface area (Å²) >= 11 is 0.